The lowest BCUT2D eigenvalue weighted by molar-refractivity contribution is -0.139. The fourth-order valence-corrected chi connectivity index (χ4v) is 3.11. The number of hydrogen-bond donors (Lipinski definition) is 6. The number of ether oxygens (including phenoxy) is 1. The molecule has 3 rings (SSSR count). The number of hydrogen-bond acceptors (Lipinski definition) is 8. The largest absolute Gasteiger partial charge is 0.507 e. The monoisotopic (exact) mass is 489 g/mol. The Balaban J connectivity index is 1.50. The number of halogens is 1. The molecule has 11 nitrogen and oxygen atoms in total. The van der Waals surface area contributed by atoms with Gasteiger partial charge < -0.3 is 36.2 Å². The van der Waals surface area contributed by atoms with Crippen molar-refractivity contribution < 1.29 is 29.3 Å². The molecule has 180 valence electrons. The molecule has 12 heteroatoms. The van der Waals surface area contributed by atoms with Gasteiger partial charge in [-0.2, -0.15) is 0 Å². The summed E-state index contributed by atoms with van der Waals surface area (Å²) in [5.41, 5.74) is 0.154. The number of carbonyl (C=O) groups is 3. The highest BCUT2D eigenvalue weighted by Crippen LogP contribution is 2.23. The van der Waals surface area contributed by atoms with Gasteiger partial charge in [-0.05, 0) is 36.4 Å². The van der Waals surface area contributed by atoms with E-state index in [0.29, 0.717) is 29.9 Å². The van der Waals surface area contributed by atoms with Gasteiger partial charge >= 0.3 is 5.97 Å². The lowest BCUT2D eigenvalue weighted by Crippen LogP contribution is -2.48. The molecule has 0 aliphatic carbocycles. The molecule has 2 aromatic carbocycles. The molecule has 0 saturated heterocycles. The summed E-state index contributed by atoms with van der Waals surface area (Å²) >= 11 is 5.78. The zero-order valence-corrected chi connectivity index (χ0v) is 18.8. The van der Waals surface area contributed by atoms with Crippen LogP contribution in [0.4, 0.5) is 0 Å². The van der Waals surface area contributed by atoms with E-state index >= 15 is 0 Å². The smallest absolute Gasteiger partial charge is 0.328 e. The fraction of sp³-hybridized carbons (Fsp3) is 0.273. The van der Waals surface area contributed by atoms with Gasteiger partial charge in [0, 0.05) is 29.7 Å². The molecule has 1 aliphatic heterocycles. The number of phenols is 1. The van der Waals surface area contributed by atoms with Gasteiger partial charge in [-0.1, -0.05) is 11.6 Å². The first-order valence-corrected chi connectivity index (χ1v) is 10.8. The number of amides is 2. The number of aliphatic carboxylic acids is 1. The number of phenolic OH excluding ortho intramolecular Hbond substituents is 1. The summed E-state index contributed by atoms with van der Waals surface area (Å²) in [5.74, 6) is -1.93. The molecule has 0 fully saturated rings. The summed E-state index contributed by atoms with van der Waals surface area (Å²) < 4.78 is 5.53. The van der Waals surface area contributed by atoms with Crippen LogP contribution >= 0.6 is 11.6 Å². The van der Waals surface area contributed by atoms with Crippen molar-refractivity contribution in [2.75, 3.05) is 32.8 Å². The lowest BCUT2D eigenvalue weighted by Gasteiger charge is -2.16. The summed E-state index contributed by atoms with van der Waals surface area (Å²) in [6.07, 6.45) is 0. The SMILES string of the molecule is O=C(N[C@@H](CNC(=O)c1ccc(OCCNC2=NCCN2)cc1O)C(=O)O)c1ccc(Cl)cc1. The van der Waals surface area contributed by atoms with E-state index in [1.165, 1.54) is 42.5 Å². The second-order valence-electron chi connectivity index (χ2n) is 7.19. The number of aliphatic imine (C=N–C) groups is 1. The molecular formula is C22H24ClN5O6. The Morgan fingerprint density at radius 3 is 2.56 bits per heavy atom. The van der Waals surface area contributed by atoms with E-state index in [0.717, 1.165) is 13.1 Å². The molecule has 2 aromatic rings. The van der Waals surface area contributed by atoms with Crippen molar-refractivity contribution in [1.82, 2.24) is 21.3 Å². The van der Waals surface area contributed by atoms with Gasteiger partial charge in [0.15, 0.2) is 5.96 Å². The van der Waals surface area contributed by atoms with E-state index in [1.54, 1.807) is 0 Å². The number of nitrogens with one attached hydrogen (secondary N) is 4. The van der Waals surface area contributed by atoms with E-state index in [2.05, 4.69) is 26.3 Å². The van der Waals surface area contributed by atoms with E-state index in [1.807, 2.05) is 0 Å². The molecule has 1 heterocycles. The van der Waals surface area contributed by atoms with Crippen molar-refractivity contribution in [3.05, 3.63) is 58.6 Å². The van der Waals surface area contributed by atoms with Crippen LogP contribution in [0.25, 0.3) is 0 Å². The summed E-state index contributed by atoms with van der Waals surface area (Å²) in [7, 11) is 0. The maximum Gasteiger partial charge on any atom is 0.328 e. The number of carboxylic acids is 1. The van der Waals surface area contributed by atoms with Crippen LogP contribution in [0.15, 0.2) is 47.5 Å². The van der Waals surface area contributed by atoms with Crippen LogP contribution < -0.4 is 26.0 Å². The molecule has 2 amide bonds. The zero-order chi connectivity index (χ0) is 24.5. The number of carbonyl (C=O) groups excluding carboxylic acids is 2. The average Bonchev–Trinajstić information content (AvgIpc) is 3.33. The Kier molecular flexibility index (Phi) is 8.52. The fourth-order valence-electron chi connectivity index (χ4n) is 2.98. The van der Waals surface area contributed by atoms with Crippen molar-refractivity contribution in [3.8, 4) is 11.5 Å². The minimum Gasteiger partial charge on any atom is -0.507 e. The Morgan fingerprint density at radius 2 is 1.91 bits per heavy atom. The second kappa shape index (κ2) is 11.8. The van der Waals surface area contributed by atoms with Crippen molar-refractivity contribution in [2.45, 2.75) is 6.04 Å². The van der Waals surface area contributed by atoms with Crippen LogP contribution in [0.2, 0.25) is 5.02 Å². The third kappa shape index (κ3) is 7.01. The predicted octanol–water partition coefficient (Wildman–Crippen LogP) is 0.586. The number of carboxylic acid groups (broad SMARTS) is 1. The Morgan fingerprint density at radius 1 is 1.15 bits per heavy atom. The van der Waals surface area contributed by atoms with E-state index in [-0.39, 0.29) is 16.9 Å². The van der Waals surface area contributed by atoms with Crippen molar-refractivity contribution >= 4 is 35.3 Å². The van der Waals surface area contributed by atoms with Crippen LogP contribution in [-0.2, 0) is 4.79 Å². The molecule has 1 aliphatic rings. The molecule has 1 atom stereocenters. The van der Waals surface area contributed by atoms with Crippen molar-refractivity contribution in [3.63, 3.8) is 0 Å². The third-order valence-electron chi connectivity index (χ3n) is 4.73. The topological polar surface area (TPSA) is 161 Å². The number of nitrogens with zero attached hydrogens (tertiary/aromatic N) is 1. The minimum absolute atomic E-state index is 0.0665. The molecule has 0 unspecified atom stereocenters. The van der Waals surface area contributed by atoms with Crippen LogP contribution in [0.5, 0.6) is 11.5 Å². The maximum absolute atomic E-state index is 12.4. The summed E-state index contributed by atoms with van der Waals surface area (Å²) in [5, 5.41) is 30.9. The Hall–Kier alpha value is -3.99. The predicted molar refractivity (Wildman–Crippen MR) is 125 cm³/mol. The van der Waals surface area contributed by atoms with Gasteiger partial charge in [0.1, 0.15) is 24.1 Å². The van der Waals surface area contributed by atoms with Gasteiger partial charge in [-0.15, -0.1) is 0 Å². The highest BCUT2D eigenvalue weighted by Gasteiger charge is 2.22. The number of aromatic hydroxyl groups is 1. The van der Waals surface area contributed by atoms with Crippen LogP contribution in [0.3, 0.4) is 0 Å². The quantitative estimate of drug-likeness (QED) is 0.264. The second-order valence-corrected chi connectivity index (χ2v) is 7.63. The highest BCUT2D eigenvalue weighted by molar-refractivity contribution is 6.30. The summed E-state index contributed by atoms with van der Waals surface area (Å²) in [6, 6.07) is 8.68. The maximum atomic E-state index is 12.4. The van der Waals surface area contributed by atoms with Gasteiger partial charge in [0.05, 0.1) is 18.7 Å². The third-order valence-corrected chi connectivity index (χ3v) is 4.98. The molecule has 0 radical (unpaired) electrons. The van der Waals surface area contributed by atoms with Crippen LogP contribution in [-0.4, -0.2) is 72.8 Å². The van der Waals surface area contributed by atoms with Crippen molar-refractivity contribution in [2.24, 2.45) is 4.99 Å². The van der Waals surface area contributed by atoms with E-state index in [4.69, 9.17) is 16.3 Å². The molecule has 0 spiro atoms. The molecule has 0 bridgehead atoms. The number of guanidine groups is 1. The van der Waals surface area contributed by atoms with Crippen LogP contribution in [0.1, 0.15) is 20.7 Å². The average molecular weight is 490 g/mol. The van der Waals surface area contributed by atoms with Gasteiger partial charge in [0.2, 0.25) is 0 Å². The van der Waals surface area contributed by atoms with Gasteiger partial charge in [-0.25, -0.2) is 4.79 Å². The molecule has 0 aromatic heterocycles. The molecule has 34 heavy (non-hydrogen) atoms. The van der Waals surface area contributed by atoms with E-state index < -0.39 is 30.4 Å². The van der Waals surface area contributed by atoms with Crippen LogP contribution in [0, 0.1) is 0 Å². The Bertz CT molecular complexity index is 1080. The standard InChI is InChI=1S/C22H24ClN5O6/c23-14-3-1-13(2-4-14)19(30)28-17(21(32)33)12-27-20(31)16-6-5-15(11-18(16)29)34-10-9-26-22-24-7-8-25-22/h1-6,11,17,29H,7-10,12H2,(H,27,31)(H,28,30)(H,32,33)(H2,24,25,26)/t17-/m0/s1. The first-order chi connectivity index (χ1) is 16.3. The van der Waals surface area contributed by atoms with Gasteiger partial charge in [0.25, 0.3) is 11.8 Å². The summed E-state index contributed by atoms with van der Waals surface area (Å²) in [6.45, 7) is 1.92. The van der Waals surface area contributed by atoms with Gasteiger partial charge in [-0.3, -0.25) is 14.6 Å². The number of rotatable bonds is 10. The normalized spacial score (nSPS) is 13.3. The Labute approximate surface area is 200 Å². The molecule has 0 saturated carbocycles. The lowest BCUT2D eigenvalue weighted by atomic mass is 10.1. The molecular weight excluding hydrogens is 466 g/mol. The first-order valence-electron chi connectivity index (χ1n) is 10.4. The summed E-state index contributed by atoms with van der Waals surface area (Å²) in [4.78, 5) is 40.4. The van der Waals surface area contributed by atoms with E-state index in [9.17, 15) is 24.6 Å². The highest BCUT2D eigenvalue weighted by atomic mass is 35.5. The minimum atomic E-state index is -1.39. The molecule has 6 N–H and O–H groups in total. The first kappa shape index (κ1) is 24.6. The van der Waals surface area contributed by atoms with Crippen molar-refractivity contribution in [1.29, 1.82) is 0 Å². The zero-order valence-electron chi connectivity index (χ0n) is 18.0. The number of benzene rings is 2.